The number of nitrogens with one attached hydrogen (secondary N) is 2. The molecule has 23 heavy (non-hydrogen) atoms. The Morgan fingerprint density at radius 3 is 2.78 bits per heavy atom. The molecular formula is C16H17Cl2N3OS. The van der Waals surface area contributed by atoms with Gasteiger partial charge >= 0.3 is 6.03 Å². The average Bonchev–Trinajstić information content (AvgIpc) is 2.98. The number of rotatable bonds is 3. The van der Waals surface area contributed by atoms with Crippen LogP contribution >= 0.6 is 34.5 Å². The van der Waals surface area contributed by atoms with Crippen molar-refractivity contribution in [2.45, 2.75) is 38.1 Å². The summed E-state index contributed by atoms with van der Waals surface area (Å²) in [7, 11) is 0. The zero-order chi connectivity index (χ0) is 16.2. The van der Waals surface area contributed by atoms with Crippen LogP contribution in [-0.2, 0) is 0 Å². The summed E-state index contributed by atoms with van der Waals surface area (Å²) in [5, 5.41) is 9.38. The van der Waals surface area contributed by atoms with Crippen LogP contribution in [0.25, 0.3) is 11.3 Å². The minimum Gasteiger partial charge on any atom is -0.335 e. The quantitative estimate of drug-likeness (QED) is 0.742. The van der Waals surface area contributed by atoms with Crippen molar-refractivity contribution in [2.24, 2.45) is 0 Å². The van der Waals surface area contributed by atoms with Crippen LogP contribution in [0.3, 0.4) is 0 Å². The molecule has 1 saturated carbocycles. The molecule has 1 aromatic heterocycles. The van der Waals surface area contributed by atoms with E-state index in [1.54, 1.807) is 18.2 Å². The zero-order valence-corrected chi connectivity index (χ0v) is 14.8. The molecule has 0 saturated heterocycles. The first-order chi connectivity index (χ1) is 11.1. The van der Waals surface area contributed by atoms with Crippen LogP contribution in [0.15, 0.2) is 23.6 Å². The summed E-state index contributed by atoms with van der Waals surface area (Å²) < 4.78 is 0. The normalized spacial score (nSPS) is 15.4. The van der Waals surface area contributed by atoms with Gasteiger partial charge in [-0.15, -0.1) is 11.3 Å². The summed E-state index contributed by atoms with van der Waals surface area (Å²) in [6.07, 6.45) is 5.72. The van der Waals surface area contributed by atoms with E-state index >= 15 is 0 Å². The lowest BCUT2D eigenvalue weighted by Gasteiger charge is -2.22. The molecule has 1 heterocycles. The van der Waals surface area contributed by atoms with Crippen LogP contribution < -0.4 is 10.6 Å². The van der Waals surface area contributed by atoms with Gasteiger partial charge < -0.3 is 5.32 Å². The average molecular weight is 370 g/mol. The standard InChI is InChI=1S/C16H17Cl2N3OS/c17-10-6-7-13(18)12(8-10)14-9-23-16(20-14)21-15(22)19-11-4-2-1-3-5-11/h6-9,11H,1-5H2,(H2,19,20,21,22). The summed E-state index contributed by atoms with van der Waals surface area (Å²) in [5.41, 5.74) is 1.46. The van der Waals surface area contributed by atoms with Gasteiger partial charge in [-0.05, 0) is 31.0 Å². The lowest BCUT2D eigenvalue weighted by atomic mass is 9.96. The smallest absolute Gasteiger partial charge is 0.321 e. The third-order valence-electron chi connectivity index (χ3n) is 3.87. The summed E-state index contributed by atoms with van der Waals surface area (Å²) >= 11 is 13.5. The van der Waals surface area contributed by atoms with Crippen LogP contribution in [0.5, 0.6) is 0 Å². The van der Waals surface area contributed by atoms with Crippen molar-refractivity contribution in [1.29, 1.82) is 0 Å². The molecule has 0 radical (unpaired) electrons. The Morgan fingerprint density at radius 1 is 1.22 bits per heavy atom. The zero-order valence-electron chi connectivity index (χ0n) is 12.4. The molecule has 0 bridgehead atoms. The summed E-state index contributed by atoms with van der Waals surface area (Å²) in [6.45, 7) is 0. The largest absolute Gasteiger partial charge is 0.335 e. The van der Waals surface area contributed by atoms with Gasteiger partial charge in [0.1, 0.15) is 0 Å². The highest BCUT2D eigenvalue weighted by atomic mass is 35.5. The number of nitrogens with zero attached hydrogens (tertiary/aromatic N) is 1. The Morgan fingerprint density at radius 2 is 2.00 bits per heavy atom. The fourth-order valence-corrected chi connectivity index (χ4v) is 3.81. The highest BCUT2D eigenvalue weighted by molar-refractivity contribution is 7.14. The molecule has 2 N–H and O–H groups in total. The number of carbonyl (C=O) groups is 1. The molecule has 1 aliphatic rings. The van der Waals surface area contributed by atoms with E-state index < -0.39 is 0 Å². The molecule has 1 aliphatic carbocycles. The highest BCUT2D eigenvalue weighted by Gasteiger charge is 2.16. The summed E-state index contributed by atoms with van der Waals surface area (Å²) in [5.74, 6) is 0. The molecule has 0 unspecified atom stereocenters. The fourth-order valence-electron chi connectivity index (χ4n) is 2.71. The molecule has 2 amide bonds. The molecule has 4 nitrogen and oxygen atoms in total. The maximum Gasteiger partial charge on any atom is 0.321 e. The van der Waals surface area contributed by atoms with Crippen LogP contribution in [0.1, 0.15) is 32.1 Å². The van der Waals surface area contributed by atoms with Crippen molar-refractivity contribution in [2.75, 3.05) is 5.32 Å². The number of amides is 2. The van der Waals surface area contributed by atoms with Gasteiger partial charge in [0.2, 0.25) is 0 Å². The topological polar surface area (TPSA) is 54.0 Å². The minimum absolute atomic E-state index is 0.199. The SMILES string of the molecule is O=C(Nc1nc(-c2cc(Cl)ccc2Cl)cs1)NC1CCCCC1. The summed E-state index contributed by atoms with van der Waals surface area (Å²) in [6, 6.07) is 5.31. The number of carbonyl (C=O) groups excluding carboxylic acids is 1. The Kier molecular flexibility index (Phi) is 5.41. The molecule has 7 heteroatoms. The lowest BCUT2D eigenvalue weighted by molar-refractivity contribution is 0.244. The Labute approximate surface area is 149 Å². The maximum absolute atomic E-state index is 12.0. The van der Waals surface area contributed by atoms with Crippen LogP contribution in [0, 0.1) is 0 Å². The van der Waals surface area contributed by atoms with E-state index in [1.165, 1.54) is 30.6 Å². The number of hydrogen-bond acceptors (Lipinski definition) is 3. The van der Waals surface area contributed by atoms with Crippen molar-refractivity contribution in [1.82, 2.24) is 10.3 Å². The van der Waals surface area contributed by atoms with Crippen molar-refractivity contribution >= 4 is 45.7 Å². The van der Waals surface area contributed by atoms with Gasteiger partial charge in [-0.2, -0.15) is 0 Å². The molecule has 2 aromatic rings. The van der Waals surface area contributed by atoms with Gasteiger partial charge in [0.25, 0.3) is 0 Å². The highest BCUT2D eigenvalue weighted by Crippen LogP contribution is 2.32. The maximum atomic E-state index is 12.0. The third kappa shape index (κ3) is 4.37. The first-order valence-electron chi connectivity index (χ1n) is 7.60. The van der Waals surface area contributed by atoms with E-state index in [4.69, 9.17) is 23.2 Å². The second kappa shape index (κ2) is 7.51. The molecule has 0 aliphatic heterocycles. The van der Waals surface area contributed by atoms with Crippen molar-refractivity contribution in [3.63, 3.8) is 0 Å². The minimum atomic E-state index is -0.199. The van der Waals surface area contributed by atoms with Crippen molar-refractivity contribution in [3.05, 3.63) is 33.6 Å². The van der Waals surface area contributed by atoms with Gasteiger partial charge in [0, 0.05) is 22.0 Å². The first kappa shape index (κ1) is 16.6. The van der Waals surface area contributed by atoms with E-state index in [-0.39, 0.29) is 12.1 Å². The van der Waals surface area contributed by atoms with Gasteiger partial charge in [-0.25, -0.2) is 9.78 Å². The number of anilines is 1. The second-order valence-corrected chi connectivity index (χ2v) is 7.30. The van der Waals surface area contributed by atoms with Gasteiger partial charge in [-0.1, -0.05) is 42.5 Å². The Hall–Kier alpha value is -1.30. The fraction of sp³-hybridized carbons (Fsp3) is 0.375. The number of thiazole rings is 1. The summed E-state index contributed by atoms with van der Waals surface area (Å²) in [4.78, 5) is 16.5. The lowest BCUT2D eigenvalue weighted by Crippen LogP contribution is -2.38. The van der Waals surface area contributed by atoms with E-state index in [9.17, 15) is 4.79 Å². The molecule has 0 spiro atoms. The second-order valence-electron chi connectivity index (χ2n) is 5.60. The van der Waals surface area contributed by atoms with E-state index in [0.29, 0.717) is 20.9 Å². The van der Waals surface area contributed by atoms with Crippen LogP contribution in [0.2, 0.25) is 10.0 Å². The number of benzene rings is 1. The van der Waals surface area contributed by atoms with Crippen LogP contribution in [-0.4, -0.2) is 17.1 Å². The number of hydrogen-bond donors (Lipinski definition) is 2. The monoisotopic (exact) mass is 369 g/mol. The molecule has 0 atom stereocenters. The first-order valence-corrected chi connectivity index (χ1v) is 9.24. The molecule has 1 fully saturated rings. The third-order valence-corrected chi connectivity index (χ3v) is 5.19. The van der Waals surface area contributed by atoms with E-state index in [0.717, 1.165) is 18.4 Å². The molecule has 1 aromatic carbocycles. The van der Waals surface area contributed by atoms with E-state index in [1.807, 2.05) is 5.38 Å². The van der Waals surface area contributed by atoms with Crippen molar-refractivity contribution in [3.8, 4) is 11.3 Å². The predicted molar refractivity (Wildman–Crippen MR) is 96.6 cm³/mol. The van der Waals surface area contributed by atoms with Crippen molar-refractivity contribution < 1.29 is 4.79 Å². The molecule has 3 rings (SSSR count). The van der Waals surface area contributed by atoms with E-state index in [2.05, 4.69) is 15.6 Å². The molecular weight excluding hydrogens is 353 g/mol. The predicted octanol–water partition coefficient (Wildman–Crippen LogP) is 5.57. The Balaban J connectivity index is 1.64. The van der Waals surface area contributed by atoms with Gasteiger partial charge in [0.15, 0.2) is 5.13 Å². The van der Waals surface area contributed by atoms with Gasteiger partial charge in [0.05, 0.1) is 10.7 Å². The number of aromatic nitrogens is 1. The van der Waals surface area contributed by atoms with Crippen LogP contribution in [0.4, 0.5) is 9.93 Å². The molecule has 122 valence electrons. The van der Waals surface area contributed by atoms with Gasteiger partial charge in [-0.3, -0.25) is 5.32 Å². The number of halogens is 2. The number of urea groups is 1. The Bertz CT molecular complexity index is 698.